The summed E-state index contributed by atoms with van der Waals surface area (Å²) in [5, 5.41) is 15.8. The molecule has 1 atom stereocenters. The van der Waals surface area contributed by atoms with Crippen molar-refractivity contribution in [3.05, 3.63) is 96.6 Å². The summed E-state index contributed by atoms with van der Waals surface area (Å²) in [5.41, 5.74) is 3.17. The number of aromatic amines is 1. The molecule has 1 heterocycles. The van der Waals surface area contributed by atoms with Crippen molar-refractivity contribution in [2.75, 3.05) is 33.4 Å². The van der Waals surface area contributed by atoms with Crippen LogP contribution >= 0.6 is 0 Å². The predicted molar refractivity (Wildman–Crippen MR) is 149 cm³/mol. The van der Waals surface area contributed by atoms with Crippen molar-refractivity contribution in [3.8, 4) is 23.0 Å². The van der Waals surface area contributed by atoms with E-state index in [1.165, 1.54) is 0 Å². The summed E-state index contributed by atoms with van der Waals surface area (Å²) in [4.78, 5) is 3.41. The van der Waals surface area contributed by atoms with Gasteiger partial charge in [-0.1, -0.05) is 54.6 Å². The van der Waals surface area contributed by atoms with E-state index >= 15 is 0 Å². The van der Waals surface area contributed by atoms with Crippen LogP contribution in [0.3, 0.4) is 0 Å². The minimum atomic E-state index is -0.661. The first-order valence-electron chi connectivity index (χ1n) is 12.7. The Kier molecular flexibility index (Phi) is 8.28. The maximum atomic E-state index is 10.4. The quantitative estimate of drug-likeness (QED) is 0.185. The third-order valence-electron chi connectivity index (χ3n) is 6.22. The van der Waals surface area contributed by atoms with Gasteiger partial charge >= 0.3 is 0 Å². The number of H-pyrrole nitrogens is 1. The standard InChI is InChI=1S/C31H32N2O5/c1-35-30-18-24(37-20-22-8-3-2-4-9-22)14-15-28(30)36-17-16-32-19-23(34)21-38-29-13-7-12-27-31(29)25-10-5-6-11-26(25)33-27/h2-15,18,23,32-34H,16-17,19-21H2,1H3/t23-/m1/s1. The van der Waals surface area contributed by atoms with Crippen molar-refractivity contribution in [1.29, 1.82) is 0 Å². The third kappa shape index (κ3) is 6.19. The highest BCUT2D eigenvalue weighted by Crippen LogP contribution is 2.33. The molecule has 0 saturated heterocycles. The van der Waals surface area contributed by atoms with Crippen molar-refractivity contribution in [3.63, 3.8) is 0 Å². The van der Waals surface area contributed by atoms with Crippen molar-refractivity contribution in [2.24, 2.45) is 0 Å². The van der Waals surface area contributed by atoms with E-state index in [0.29, 0.717) is 43.6 Å². The fourth-order valence-corrected chi connectivity index (χ4v) is 4.33. The number of methoxy groups -OCH3 is 1. The summed E-state index contributed by atoms with van der Waals surface area (Å²) < 4.78 is 23.2. The molecule has 0 amide bonds. The molecule has 1 aromatic heterocycles. The Morgan fingerprint density at radius 3 is 2.47 bits per heavy atom. The Morgan fingerprint density at radius 2 is 1.61 bits per heavy atom. The lowest BCUT2D eigenvalue weighted by atomic mass is 10.1. The van der Waals surface area contributed by atoms with Gasteiger partial charge in [0.15, 0.2) is 11.5 Å². The van der Waals surface area contributed by atoms with Gasteiger partial charge in [-0.2, -0.15) is 0 Å². The smallest absolute Gasteiger partial charge is 0.164 e. The lowest BCUT2D eigenvalue weighted by Crippen LogP contribution is -2.33. The molecule has 0 aliphatic rings. The summed E-state index contributed by atoms with van der Waals surface area (Å²) in [5.74, 6) is 2.71. The fraction of sp³-hybridized carbons (Fsp3) is 0.226. The van der Waals surface area contributed by atoms with Crippen LogP contribution in [0.5, 0.6) is 23.0 Å². The summed E-state index contributed by atoms with van der Waals surface area (Å²) in [6.45, 7) is 2.03. The van der Waals surface area contributed by atoms with Crippen LogP contribution < -0.4 is 24.3 Å². The number of ether oxygens (including phenoxy) is 4. The second-order valence-electron chi connectivity index (χ2n) is 8.95. The van der Waals surface area contributed by atoms with Crippen molar-refractivity contribution < 1.29 is 24.1 Å². The molecule has 0 aliphatic carbocycles. The summed E-state index contributed by atoms with van der Waals surface area (Å²) in [6, 6.07) is 29.6. The highest BCUT2D eigenvalue weighted by Gasteiger charge is 2.12. The number of aliphatic hydroxyl groups is 1. The van der Waals surface area contributed by atoms with Crippen LogP contribution in [0.4, 0.5) is 0 Å². The molecule has 0 radical (unpaired) electrons. The van der Waals surface area contributed by atoms with Gasteiger partial charge in [-0.3, -0.25) is 0 Å². The second-order valence-corrected chi connectivity index (χ2v) is 8.95. The van der Waals surface area contributed by atoms with E-state index in [4.69, 9.17) is 18.9 Å². The zero-order chi connectivity index (χ0) is 26.2. The first kappa shape index (κ1) is 25.4. The molecule has 38 heavy (non-hydrogen) atoms. The average Bonchev–Trinajstić information content (AvgIpc) is 3.35. The molecule has 3 N–H and O–H groups in total. The second kappa shape index (κ2) is 12.4. The fourth-order valence-electron chi connectivity index (χ4n) is 4.33. The first-order chi connectivity index (χ1) is 18.7. The van der Waals surface area contributed by atoms with Crippen LogP contribution in [-0.2, 0) is 6.61 Å². The van der Waals surface area contributed by atoms with E-state index in [-0.39, 0.29) is 6.61 Å². The number of rotatable bonds is 13. The van der Waals surface area contributed by atoms with Crippen LogP contribution in [0.1, 0.15) is 5.56 Å². The number of fused-ring (bicyclic) bond motifs is 3. The van der Waals surface area contributed by atoms with Crippen LogP contribution in [0, 0.1) is 0 Å². The normalized spacial score (nSPS) is 11.9. The molecule has 4 aromatic carbocycles. The Bertz CT molecular complexity index is 1470. The summed E-state index contributed by atoms with van der Waals surface area (Å²) >= 11 is 0. The van der Waals surface area contributed by atoms with Crippen molar-refractivity contribution in [1.82, 2.24) is 10.3 Å². The lowest BCUT2D eigenvalue weighted by molar-refractivity contribution is 0.106. The predicted octanol–water partition coefficient (Wildman–Crippen LogP) is 5.32. The molecule has 196 valence electrons. The van der Waals surface area contributed by atoms with Gasteiger partial charge in [-0.05, 0) is 35.9 Å². The molecular weight excluding hydrogens is 480 g/mol. The van der Waals surface area contributed by atoms with Crippen LogP contribution in [0.15, 0.2) is 91.0 Å². The van der Waals surface area contributed by atoms with Gasteiger partial charge in [0.2, 0.25) is 0 Å². The van der Waals surface area contributed by atoms with Crippen molar-refractivity contribution >= 4 is 21.8 Å². The zero-order valence-electron chi connectivity index (χ0n) is 21.4. The SMILES string of the molecule is COc1cc(OCc2ccccc2)ccc1OCCNC[C@@H](O)COc1cccc2[nH]c3ccccc3c12. The Labute approximate surface area is 221 Å². The van der Waals surface area contributed by atoms with Gasteiger partial charge in [0.25, 0.3) is 0 Å². The topological polar surface area (TPSA) is 85.0 Å². The number of aliphatic hydroxyl groups excluding tert-OH is 1. The monoisotopic (exact) mass is 512 g/mol. The molecular formula is C31H32N2O5. The lowest BCUT2D eigenvalue weighted by Gasteiger charge is -2.15. The Morgan fingerprint density at radius 1 is 0.789 bits per heavy atom. The molecule has 7 nitrogen and oxygen atoms in total. The molecule has 0 spiro atoms. The van der Waals surface area contributed by atoms with Crippen LogP contribution in [-0.4, -0.2) is 49.6 Å². The minimum Gasteiger partial charge on any atom is -0.493 e. The Hall–Kier alpha value is -4.20. The molecule has 0 aliphatic heterocycles. The maximum Gasteiger partial charge on any atom is 0.164 e. The number of para-hydroxylation sites is 1. The third-order valence-corrected chi connectivity index (χ3v) is 6.22. The Balaban J connectivity index is 1.06. The van der Waals surface area contributed by atoms with Gasteiger partial charge in [-0.25, -0.2) is 0 Å². The number of aromatic nitrogens is 1. The summed E-state index contributed by atoms with van der Waals surface area (Å²) in [6.07, 6.45) is -0.661. The highest BCUT2D eigenvalue weighted by atomic mass is 16.5. The van der Waals surface area contributed by atoms with Gasteiger partial charge < -0.3 is 34.4 Å². The van der Waals surface area contributed by atoms with Gasteiger partial charge in [0, 0.05) is 35.4 Å². The van der Waals surface area contributed by atoms with Crippen molar-refractivity contribution in [2.45, 2.75) is 12.7 Å². The largest absolute Gasteiger partial charge is 0.493 e. The van der Waals surface area contributed by atoms with E-state index in [2.05, 4.69) is 16.4 Å². The highest BCUT2D eigenvalue weighted by molar-refractivity contribution is 6.10. The zero-order valence-corrected chi connectivity index (χ0v) is 21.4. The van der Waals surface area contributed by atoms with E-state index in [1.54, 1.807) is 7.11 Å². The average molecular weight is 513 g/mol. The molecule has 5 rings (SSSR count). The van der Waals surface area contributed by atoms with Crippen LogP contribution in [0.2, 0.25) is 0 Å². The maximum absolute atomic E-state index is 10.4. The van der Waals surface area contributed by atoms with Gasteiger partial charge in [0.05, 0.1) is 12.6 Å². The molecule has 0 unspecified atom stereocenters. The number of nitrogens with one attached hydrogen (secondary N) is 2. The molecule has 5 aromatic rings. The van der Waals surface area contributed by atoms with E-state index in [1.807, 2.05) is 84.9 Å². The summed E-state index contributed by atoms with van der Waals surface area (Å²) in [7, 11) is 1.61. The molecule has 7 heteroatoms. The van der Waals surface area contributed by atoms with Gasteiger partial charge in [0.1, 0.15) is 37.4 Å². The molecule has 0 bridgehead atoms. The van der Waals surface area contributed by atoms with Crippen LogP contribution in [0.25, 0.3) is 21.8 Å². The van der Waals surface area contributed by atoms with Gasteiger partial charge in [-0.15, -0.1) is 0 Å². The number of benzene rings is 4. The molecule has 0 saturated carbocycles. The number of hydrogen-bond acceptors (Lipinski definition) is 6. The van der Waals surface area contributed by atoms with E-state index in [9.17, 15) is 5.11 Å². The van der Waals surface area contributed by atoms with E-state index in [0.717, 1.165) is 33.1 Å². The molecule has 0 fully saturated rings. The van der Waals surface area contributed by atoms with E-state index < -0.39 is 6.10 Å². The number of hydrogen-bond donors (Lipinski definition) is 3. The first-order valence-corrected chi connectivity index (χ1v) is 12.7. The minimum absolute atomic E-state index is 0.185.